The number of hydrogen-bond donors (Lipinski definition) is 1. The number of rotatable bonds is 4. The molecule has 1 N–H and O–H groups in total. The molecule has 0 saturated carbocycles. The van der Waals surface area contributed by atoms with E-state index >= 15 is 0 Å². The maximum Gasteiger partial charge on any atom is 0.224 e. The van der Waals surface area contributed by atoms with Gasteiger partial charge in [0.2, 0.25) is 5.95 Å². The molecule has 0 amide bonds. The molecule has 5 nitrogen and oxygen atoms in total. The van der Waals surface area contributed by atoms with Crippen molar-refractivity contribution in [2.45, 2.75) is 19.8 Å². The largest absolute Gasteiger partial charge is 0.354 e. The van der Waals surface area contributed by atoms with Gasteiger partial charge in [-0.15, -0.1) is 0 Å². The lowest BCUT2D eigenvalue weighted by Crippen LogP contribution is -2.05. The summed E-state index contributed by atoms with van der Waals surface area (Å²) in [6, 6.07) is 0. The molecule has 0 aromatic carbocycles. The van der Waals surface area contributed by atoms with E-state index in [4.69, 9.17) is 0 Å². The second-order valence-electron chi connectivity index (χ2n) is 3.24. The molecule has 0 spiro atoms. The predicted molar refractivity (Wildman–Crippen MR) is 58.5 cm³/mol. The van der Waals surface area contributed by atoms with Gasteiger partial charge < -0.3 is 5.32 Å². The molecule has 0 radical (unpaired) electrons. The van der Waals surface area contributed by atoms with E-state index in [1.807, 2.05) is 0 Å². The van der Waals surface area contributed by atoms with Gasteiger partial charge in [-0.3, -0.25) is 0 Å². The first-order chi connectivity index (χ1) is 7.40. The van der Waals surface area contributed by atoms with Crippen LogP contribution in [0.1, 0.15) is 19.8 Å². The summed E-state index contributed by atoms with van der Waals surface area (Å²) in [6.07, 6.45) is 7.22. The second kappa shape index (κ2) is 4.63. The predicted octanol–water partition coefficient (Wildman–Crippen LogP) is 1.63. The lowest BCUT2D eigenvalue weighted by Gasteiger charge is -2.03. The number of unbranched alkanes of at least 4 members (excludes halogenated alkanes) is 1. The van der Waals surface area contributed by atoms with Crippen LogP contribution in [0.2, 0.25) is 0 Å². The van der Waals surface area contributed by atoms with Gasteiger partial charge in [0, 0.05) is 18.9 Å². The highest BCUT2D eigenvalue weighted by Crippen LogP contribution is 2.06. The Labute approximate surface area is 88.0 Å². The van der Waals surface area contributed by atoms with Gasteiger partial charge in [-0.1, -0.05) is 13.3 Å². The third kappa shape index (κ3) is 2.37. The molecule has 0 aliphatic rings. The number of hydrogen-bond acceptors (Lipinski definition) is 5. The van der Waals surface area contributed by atoms with E-state index in [9.17, 15) is 0 Å². The van der Waals surface area contributed by atoms with Crippen molar-refractivity contribution in [2.75, 3.05) is 11.9 Å². The third-order valence-corrected chi connectivity index (χ3v) is 2.04. The Morgan fingerprint density at radius 1 is 1.20 bits per heavy atom. The van der Waals surface area contributed by atoms with Crippen LogP contribution in [0.25, 0.3) is 11.2 Å². The zero-order chi connectivity index (χ0) is 10.5. The average Bonchev–Trinajstić information content (AvgIpc) is 2.29. The summed E-state index contributed by atoms with van der Waals surface area (Å²) in [5.74, 6) is 0.622. The molecule has 0 unspecified atom stereocenters. The molecule has 2 aromatic rings. The molecule has 0 atom stereocenters. The number of aromatic nitrogens is 4. The summed E-state index contributed by atoms with van der Waals surface area (Å²) in [6.45, 7) is 3.04. The zero-order valence-electron chi connectivity index (χ0n) is 8.64. The molecule has 15 heavy (non-hydrogen) atoms. The summed E-state index contributed by atoms with van der Waals surface area (Å²) in [5, 5.41) is 3.15. The molecule has 5 heteroatoms. The maximum absolute atomic E-state index is 4.25. The van der Waals surface area contributed by atoms with E-state index in [1.54, 1.807) is 18.6 Å². The first kappa shape index (κ1) is 9.76. The van der Waals surface area contributed by atoms with Gasteiger partial charge in [0.15, 0.2) is 5.65 Å². The van der Waals surface area contributed by atoms with Crippen molar-refractivity contribution in [1.82, 2.24) is 19.9 Å². The first-order valence-electron chi connectivity index (χ1n) is 5.08. The minimum Gasteiger partial charge on any atom is -0.354 e. The average molecular weight is 203 g/mol. The van der Waals surface area contributed by atoms with Gasteiger partial charge in [-0.25, -0.2) is 15.0 Å². The summed E-state index contributed by atoms with van der Waals surface area (Å²) in [7, 11) is 0. The summed E-state index contributed by atoms with van der Waals surface area (Å²) in [5.41, 5.74) is 1.35. The quantitative estimate of drug-likeness (QED) is 0.765. The number of anilines is 1. The van der Waals surface area contributed by atoms with Gasteiger partial charge in [0.1, 0.15) is 5.52 Å². The third-order valence-electron chi connectivity index (χ3n) is 2.04. The molecule has 0 saturated heterocycles. The lowest BCUT2D eigenvalue weighted by molar-refractivity contribution is 0.827. The first-order valence-corrected chi connectivity index (χ1v) is 5.08. The van der Waals surface area contributed by atoms with Crippen LogP contribution in [0.3, 0.4) is 0 Å². The van der Waals surface area contributed by atoms with Crippen molar-refractivity contribution < 1.29 is 0 Å². The van der Waals surface area contributed by atoms with Crippen molar-refractivity contribution in [3.63, 3.8) is 0 Å². The standard InChI is InChI=1S/C10H13N5/c1-2-3-4-13-10-14-7-8-9(15-10)12-6-5-11-8/h5-7H,2-4H2,1H3,(H,12,13,14,15). The van der Waals surface area contributed by atoms with Crippen molar-refractivity contribution in [1.29, 1.82) is 0 Å². The van der Waals surface area contributed by atoms with Gasteiger partial charge in [0.25, 0.3) is 0 Å². The second-order valence-corrected chi connectivity index (χ2v) is 3.24. The topological polar surface area (TPSA) is 63.6 Å². The van der Waals surface area contributed by atoms with Crippen molar-refractivity contribution in [3.05, 3.63) is 18.6 Å². The van der Waals surface area contributed by atoms with Crippen LogP contribution in [-0.4, -0.2) is 26.5 Å². The molecule has 0 aliphatic heterocycles. The van der Waals surface area contributed by atoms with E-state index in [0.29, 0.717) is 11.6 Å². The summed E-state index contributed by atoms with van der Waals surface area (Å²) >= 11 is 0. The lowest BCUT2D eigenvalue weighted by atomic mass is 10.3. The Bertz CT molecular complexity index is 443. The highest BCUT2D eigenvalue weighted by atomic mass is 15.1. The zero-order valence-corrected chi connectivity index (χ0v) is 8.64. The Morgan fingerprint density at radius 3 is 2.93 bits per heavy atom. The molecule has 0 bridgehead atoms. The summed E-state index contributed by atoms with van der Waals surface area (Å²) in [4.78, 5) is 16.6. The fraction of sp³-hybridized carbons (Fsp3) is 0.400. The fourth-order valence-electron chi connectivity index (χ4n) is 1.23. The molecule has 2 aromatic heterocycles. The van der Waals surface area contributed by atoms with Crippen molar-refractivity contribution in [3.8, 4) is 0 Å². The molecule has 2 heterocycles. The minimum absolute atomic E-state index is 0.622. The van der Waals surface area contributed by atoms with Crippen LogP contribution < -0.4 is 5.32 Å². The number of nitrogens with zero attached hydrogens (tertiary/aromatic N) is 4. The smallest absolute Gasteiger partial charge is 0.224 e. The maximum atomic E-state index is 4.25. The fourth-order valence-corrected chi connectivity index (χ4v) is 1.23. The molecule has 0 fully saturated rings. The Hall–Kier alpha value is -1.78. The van der Waals surface area contributed by atoms with Crippen LogP contribution in [0.4, 0.5) is 5.95 Å². The molecule has 0 aliphatic carbocycles. The molecule has 78 valence electrons. The van der Waals surface area contributed by atoms with Crippen LogP contribution in [-0.2, 0) is 0 Å². The van der Waals surface area contributed by atoms with Crippen LogP contribution in [0.5, 0.6) is 0 Å². The van der Waals surface area contributed by atoms with Gasteiger partial charge in [-0.2, -0.15) is 4.98 Å². The molecular formula is C10H13N5. The highest BCUT2D eigenvalue weighted by molar-refractivity contribution is 5.68. The van der Waals surface area contributed by atoms with Crippen molar-refractivity contribution >= 4 is 17.1 Å². The minimum atomic E-state index is 0.622. The Kier molecular flexibility index (Phi) is 3.02. The number of fused-ring (bicyclic) bond motifs is 1. The van der Waals surface area contributed by atoms with Gasteiger partial charge in [-0.05, 0) is 6.42 Å². The van der Waals surface area contributed by atoms with E-state index in [1.165, 1.54) is 0 Å². The Balaban J connectivity index is 2.16. The van der Waals surface area contributed by atoms with Gasteiger partial charge >= 0.3 is 0 Å². The summed E-state index contributed by atoms with van der Waals surface area (Å²) < 4.78 is 0. The van der Waals surface area contributed by atoms with Gasteiger partial charge in [0.05, 0.1) is 6.20 Å². The monoisotopic (exact) mass is 203 g/mol. The molecular weight excluding hydrogens is 190 g/mol. The van der Waals surface area contributed by atoms with E-state index < -0.39 is 0 Å². The van der Waals surface area contributed by atoms with Crippen LogP contribution >= 0.6 is 0 Å². The Morgan fingerprint density at radius 2 is 2.07 bits per heavy atom. The highest BCUT2D eigenvalue weighted by Gasteiger charge is 1.99. The van der Waals surface area contributed by atoms with Crippen LogP contribution in [0, 0.1) is 0 Å². The normalized spacial score (nSPS) is 10.5. The van der Waals surface area contributed by atoms with E-state index in [0.717, 1.165) is 24.9 Å². The molecule has 2 rings (SSSR count). The number of nitrogens with one attached hydrogen (secondary N) is 1. The van der Waals surface area contributed by atoms with E-state index in [2.05, 4.69) is 32.2 Å². The SMILES string of the molecule is CCCCNc1ncc2nccnc2n1. The van der Waals surface area contributed by atoms with Crippen LogP contribution in [0.15, 0.2) is 18.6 Å². The van der Waals surface area contributed by atoms with Crippen molar-refractivity contribution in [2.24, 2.45) is 0 Å². The van der Waals surface area contributed by atoms with E-state index in [-0.39, 0.29) is 0 Å².